The lowest BCUT2D eigenvalue weighted by Crippen LogP contribution is -2.30. The summed E-state index contributed by atoms with van der Waals surface area (Å²) in [5, 5.41) is 22.0. The van der Waals surface area contributed by atoms with Gasteiger partial charge in [-0.1, -0.05) is 47.5 Å². The standard InChI is InChI=1S/C27H38Cl4N4O6P2/c1-32(19-5-3-17-28)42(40-21-15-23-7-11-25(12-8-23)34(36)37)27(30,31)43(33(2)20-6-4-18-29)41-22-16-24-9-13-26(14-10-24)35(38)39/h7-14H,3-6,15-22H2,1-2H3. The predicted octanol–water partition coefficient (Wildman–Crippen LogP) is 8.94. The molecule has 2 aromatic rings. The first kappa shape index (κ1) is 38.3. The summed E-state index contributed by atoms with van der Waals surface area (Å²) in [6, 6.07) is 12.7. The van der Waals surface area contributed by atoms with Gasteiger partial charge in [0.15, 0.2) is 16.6 Å². The van der Waals surface area contributed by atoms with E-state index in [2.05, 4.69) is 0 Å². The van der Waals surface area contributed by atoms with E-state index in [1.165, 1.54) is 24.3 Å². The number of hydrogen-bond acceptors (Lipinski definition) is 8. The lowest BCUT2D eigenvalue weighted by atomic mass is 10.1. The predicted molar refractivity (Wildman–Crippen MR) is 179 cm³/mol. The van der Waals surface area contributed by atoms with E-state index in [1.54, 1.807) is 24.3 Å². The van der Waals surface area contributed by atoms with E-state index in [0.717, 1.165) is 36.8 Å². The van der Waals surface area contributed by atoms with E-state index in [9.17, 15) is 20.2 Å². The molecule has 0 amide bonds. The molecule has 0 aliphatic carbocycles. The molecule has 10 nitrogen and oxygen atoms in total. The highest BCUT2D eigenvalue weighted by atomic mass is 35.5. The Hall–Kier alpha value is -0.900. The topological polar surface area (TPSA) is 111 Å². The van der Waals surface area contributed by atoms with Gasteiger partial charge < -0.3 is 9.05 Å². The maximum atomic E-state index is 11.0. The Balaban J connectivity index is 2.22. The second-order valence-corrected chi connectivity index (χ2v) is 17.4. The van der Waals surface area contributed by atoms with Crippen LogP contribution in [0.2, 0.25) is 0 Å². The molecule has 0 saturated heterocycles. The second-order valence-electron chi connectivity index (χ2n) is 9.62. The van der Waals surface area contributed by atoms with Crippen molar-refractivity contribution >= 4 is 74.4 Å². The van der Waals surface area contributed by atoms with Crippen LogP contribution in [0.25, 0.3) is 0 Å². The van der Waals surface area contributed by atoms with Crippen molar-refractivity contribution in [1.29, 1.82) is 0 Å². The molecule has 0 heterocycles. The minimum Gasteiger partial charge on any atom is -0.340 e. The monoisotopic (exact) mass is 716 g/mol. The number of alkyl halides is 4. The highest BCUT2D eigenvalue weighted by molar-refractivity contribution is 7.76. The summed E-state index contributed by atoms with van der Waals surface area (Å²) in [6.07, 6.45) is 4.35. The Kier molecular flexibility index (Phi) is 18.0. The normalized spacial score (nSPS) is 13.4. The van der Waals surface area contributed by atoms with E-state index < -0.39 is 30.3 Å². The van der Waals surface area contributed by atoms with Gasteiger partial charge in [0.25, 0.3) is 11.4 Å². The summed E-state index contributed by atoms with van der Waals surface area (Å²) < 4.78 is 15.5. The average Bonchev–Trinajstić information content (AvgIpc) is 2.97. The van der Waals surface area contributed by atoms with Crippen molar-refractivity contribution < 1.29 is 18.9 Å². The van der Waals surface area contributed by atoms with Crippen molar-refractivity contribution in [3.63, 3.8) is 0 Å². The number of unbranched alkanes of at least 4 members (excludes halogenated alkanes) is 2. The van der Waals surface area contributed by atoms with Gasteiger partial charge in [-0.3, -0.25) is 29.6 Å². The Morgan fingerprint density at radius 1 is 0.698 bits per heavy atom. The lowest BCUT2D eigenvalue weighted by Gasteiger charge is -2.42. The van der Waals surface area contributed by atoms with Crippen molar-refractivity contribution in [2.24, 2.45) is 0 Å². The Morgan fingerprint density at radius 2 is 1.05 bits per heavy atom. The zero-order valence-electron chi connectivity index (χ0n) is 24.2. The Labute approximate surface area is 276 Å². The molecule has 0 bridgehead atoms. The van der Waals surface area contributed by atoms with Crippen LogP contribution >= 0.6 is 63.0 Å². The number of nitro groups is 2. The minimum absolute atomic E-state index is 0.0280. The highest BCUT2D eigenvalue weighted by Crippen LogP contribution is 2.74. The fourth-order valence-electron chi connectivity index (χ4n) is 3.96. The summed E-state index contributed by atoms with van der Waals surface area (Å²) in [5.41, 5.74) is 1.83. The maximum Gasteiger partial charge on any atom is 0.269 e. The van der Waals surface area contributed by atoms with Crippen LogP contribution in [-0.4, -0.2) is 75.2 Å². The lowest BCUT2D eigenvalue weighted by molar-refractivity contribution is -0.385. The second kappa shape index (κ2) is 20.3. The van der Waals surface area contributed by atoms with E-state index in [1.807, 2.05) is 23.4 Å². The molecule has 16 heteroatoms. The van der Waals surface area contributed by atoms with Crippen molar-refractivity contribution in [3.05, 3.63) is 79.9 Å². The van der Waals surface area contributed by atoms with Gasteiger partial charge in [-0.15, -0.1) is 23.2 Å². The van der Waals surface area contributed by atoms with Crippen LogP contribution in [0, 0.1) is 20.2 Å². The fourth-order valence-corrected chi connectivity index (χ4v) is 11.0. The van der Waals surface area contributed by atoms with Gasteiger partial charge in [-0.25, -0.2) is 0 Å². The number of halogens is 4. The molecule has 43 heavy (non-hydrogen) atoms. The van der Waals surface area contributed by atoms with E-state index in [4.69, 9.17) is 55.5 Å². The van der Waals surface area contributed by atoms with Crippen molar-refractivity contribution in [2.75, 3.05) is 52.2 Å². The Bertz CT molecular complexity index is 1040. The van der Waals surface area contributed by atoms with Gasteiger partial charge in [0, 0.05) is 49.1 Å². The molecule has 0 spiro atoms. The number of non-ortho nitro benzene ring substituents is 2. The van der Waals surface area contributed by atoms with Crippen LogP contribution in [0.1, 0.15) is 36.8 Å². The number of hydrogen-bond donors (Lipinski definition) is 0. The summed E-state index contributed by atoms with van der Waals surface area (Å²) >= 11 is 26.3. The molecular weight excluding hydrogens is 680 g/mol. The molecular formula is C27H38Cl4N4O6P2. The minimum atomic E-state index is -1.59. The van der Waals surface area contributed by atoms with Crippen LogP contribution < -0.4 is 0 Å². The molecule has 0 aromatic heterocycles. The molecule has 0 N–H and O–H groups in total. The van der Waals surface area contributed by atoms with Crippen LogP contribution in [-0.2, 0) is 21.9 Å². The van der Waals surface area contributed by atoms with Gasteiger partial charge in [0.1, 0.15) is 0 Å². The molecule has 2 unspecified atom stereocenters. The van der Waals surface area contributed by atoms with Gasteiger partial charge in [-0.2, -0.15) is 0 Å². The van der Waals surface area contributed by atoms with Crippen LogP contribution in [0.15, 0.2) is 48.5 Å². The third-order valence-electron chi connectivity index (χ3n) is 6.31. The van der Waals surface area contributed by atoms with Crippen LogP contribution in [0.4, 0.5) is 11.4 Å². The quantitative estimate of drug-likeness (QED) is 0.0390. The average molecular weight is 718 g/mol. The van der Waals surface area contributed by atoms with Crippen molar-refractivity contribution in [2.45, 2.75) is 42.3 Å². The third kappa shape index (κ3) is 13.2. The van der Waals surface area contributed by atoms with Gasteiger partial charge in [-0.05, 0) is 63.7 Å². The summed E-state index contributed by atoms with van der Waals surface area (Å²) in [7, 11) is 0.653. The Morgan fingerprint density at radius 3 is 1.35 bits per heavy atom. The first-order chi connectivity index (χ1) is 20.5. The van der Waals surface area contributed by atoms with Crippen LogP contribution in [0.5, 0.6) is 0 Å². The molecule has 0 aliphatic heterocycles. The van der Waals surface area contributed by atoms with Crippen molar-refractivity contribution in [3.8, 4) is 0 Å². The maximum absolute atomic E-state index is 11.0. The molecule has 240 valence electrons. The SMILES string of the molecule is CN(CCCCCl)P(OCCc1ccc([N+](=O)[O-])cc1)C(Cl)(Cl)P(OCCc1ccc([N+](=O)[O-])cc1)N(C)CCCCCl. The number of nitrogens with zero attached hydrogens (tertiary/aromatic N) is 4. The first-order valence-corrected chi connectivity index (χ1v) is 18.0. The zero-order valence-corrected chi connectivity index (χ0v) is 29.1. The third-order valence-corrected chi connectivity index (χ3v) is 13.0. The van der Waals surface area contributed by atoms with Gasteiger partial charge in [0.05, 0.1) is 23.1 Å². The van der Waals surface area contributed by atoms with Crippen molar-refractivity contribution in [1.82, 2.24) is 9.34 Å². The van der Waals surface area contributed by atoms with E-state index in [-0.39, 0.29) is 11.4 Å². The van der Waals surface area contributed by atoms with E-state index >= 15 is 0 Å². The fraction of sp³-hybridized carbons (Fsp3) is 0.556. The largest absolute Gasteiger partial charge is 0.340 e. The summed E-state index contributed by atoms with van der Waals surface area (Å²) in [6.45, 7) is 1.93. The molecule has 2 aromatic carbocycles. The summed E-state index contributed by atoms with van der Waals surface area (Å²) in [4.78, 5) is 21.1. The molecule has 2 rings (SSSR count). The number of nitro benzene ring substituents is 2. The van der Waals surface area contributed by atoms with Crippen LogP contribution in [0.3, 0.4) is 0 Å². The number of benzene rings is 2. The summed E-state index contributed by atoms with van der Waals surface area (Å²) in [5.74, 6) is 1.09. The first-order valence-electron chi connectivity index (χ1n) is 13.8. The van der Waals surface area contributed by atoms with E-state index in [0.29, 0.717) is 50.9 Å². The molecule has 0 saturated carbocycles. The number of rotatable bonds is 22. The molecule has 0 radical (unpaired) electrons. The molecule has 0 aliphatic rings. The van der Waals surface area contributed by atoms with Gasteiger partial charge in [0.2, 0.25) is 3.82 Å². The smallest absolute Gasteiger partial charge is 0.269 e. The molecule has 0 fully saturated rings. The highest BCUT2D eigenvalue weighted by Gasteiger charge is 2.50. The molecule has 2 atom stereocenters. The zero-order chi connectivity index (χ0) is 31.8. The van der Waals surface area contributed by atoms with Gasteiger partial charge >= 0.3 is 0 Å².